The summed E-state index contributed by atoms with van der Waals surface area (Å²) in [5.74, 6) is -0.791. The van der Waals surface area contributed by atoms with Gasteiger partial charge in [-0.25, -0.2) is 0 Å². The lowest BCUT2D eigenvalue weighted by Crippen LogP contribution is -1.98. The van der Waals surface area contributed by atoms with Crippen LogP contribution in [0.15, 0.2) is 12.8 Å². The van der Waals surface area contributed by atoms with Crippen LogP contribution in [0.5, 0.6) is 0 Å². The second kappa shape index (κ2) is 58.8. The molecule has 0 saturated carbocycles. The minimum atomic E-state index is -0.648. The van der Waals surface area contributed by atoms with Gasteiger partial charge in [-0.15, -0.1) is 0 Å². The number of esters is 1. The van der Waals surface area contributed by atoms with E-state index in [2.05, 4.69) is 6.58 Å². The van der Waals surface area contributed by atoms with Gasteiger partial charge in [-0.3, -0.25) is 9.59 Å². The van der Waals surface area contributed by atoms with Crippen LogP contribution in [0.2, 0.25) is 0 Å². The van der Waals surface area contributed by atoms with Crippen molar-refractivity contribution in [1.82, 2.24) is 0 Å². The Morgan fingerprint density at radius 2 is 0.369 bits per heavy atom. The SMILES string of the molecule is C=COC(=O)CCCCCCCCCCCCCCCCCCCCCCCCCCCCCCCCCCCCCCCCCCCCCCCCCCCCCCCCCC(=O)O. The lowest BCUT2D eigenvalue weighted by molar-refractivity contribution is -0.138. The van der Waals surface area contributed by atoms with Crippen LogP contribution in [0.4, 0.5) is 0 Å². The predicted octanol–water partition coefficient (Wildman–Crippen LogP) is 22.0. The normalized spacial score (nSPS) is 11.4. The van der Waals surface area contributed by atoms with Crippen LogP contribution >= 0.6 is 0 Å². The average molecular weight is 916 g/mol. The first-order valence-electron chi connectivity index (χ1n) is 30.2. The number of aliphatic carboxylic acids is 1. The highest BCUT2D eigenvalue weighted by Gasteiger charge is 2.02. The molecule has 0 fully saturated rings. The molecule has 0 bridgehead atoms. The van der Waals surface area contributed by atoms with Crippen molar-refractivity contribution in [3.05, 3.63) is 12.8 Å². The van der Waals surface area contributed by atoms with Crippen molar-refractivity contribution in [3.63, 3.8) is 0 Å². The summed E-state index contributed by atoms with van der Waals surface area (Å²) in [4.78, 5) is 21.8. The van der Waals surface area contributed by atoms with Gasteiger partial charge in [0.15, 0.2) is 0 Å². The van der Waals surface area contributed by atoms with Gasteiger partial charge in [0.25, 0.3) is 0 Å². The maximum absolute atomic E-state index is 11.3. The second-order valence-corrected chi connectivity index (χ2v) is 21.0. The molecule has 386 valence electrons. The fourth-order valence-corrected chi connectivity index (χ4v) is 10.1. The lowest BCUT2D eigenvalue weighted by Gasteiger charge is -2.05. The number of unbranched alkanes of at least 4 members (excludes halogenated alkanes) is 54. The van der Waals surface area contributed by atoms with E-state index in [0.29, 0.717) is 12.8 Å². The molecular weight excluding hydrogens is 797 g/mol. The smallest absolute Gasteiger partial charge is 0.310 e. The first kappa shape index (κ1) is 63.7. The van der Waals surface area contributed by atoms with Gasteiger partial charge < -0.3 is 9.84 Å². The first-order valence-corrected chi connectivity index (χ1v) is 30.2. The summed E-state index contributed by atoms with van der Waals surface area (Å²) in [7, 11) is 0. The molecule has 0 aromatic heterocycles. The van der Waals surface area contributed by atoms with Crippen molar-refractivity contribution in [3.8, 4) is 0 Å². The standard InChI is InChI=1S/C61H118O4/c1-2-65-61(64)59-57-55-53-51-49-47-45-43-41-39-37-35-33-31-29-27-25-23-21-19-17-15-13-11-9-7-5-3-4-6-8-10-12-14-16-18-20-22-24-26-28-30-32-34-36-38-40-42-44-46-48-50-52-54-56-58-60(62)63/h2H,1,3-59H2,(H,62,63). The van der Waals surface area contributed by atoms with Gasteiger partial charge >= 0.3 is 11.9 Å². The van der Waals surface area contributed by atoms with Gasteiger partial charge in [-0.05, 0) is 12.8 Å². The molecule has 0 aliphatic heterocycles. The number of ether oxygens (including phenoxy) is 1. The van der Waals surface area contributed by atoms with E-state index in [0.717, 1.165) is 25.7 Å². The zero-order valence-corrected chi connectivity index (χ0v) is 44.3. The molecule has 0 radical (unpaired) electrons. The molecule has 4 heteroatoms. The number of carbonyl (C=O) groups is 2. The molecule has 0 heterocycles. The Kier molecular flexibility index (Phi) is 57.6. The fraction of sp³-hybridized carbons (Fsp3) is 0.934. The molecule has 4 nitrogen and oxygen atoms in total. The summed E-state index contributed by atoms with van der Waals surface area (Å²) < 4.78 is 4.76. The van der Waals surface area contributed by atoms with E-state index in [4.69, 9.17) is 9.84 Å². The van der Waals surface area contributed by atoms with Gasteiger partial charge in [0.2, 0.25) is 0 Å². The van der Waals surface area contributed by atoms with Crippen LogP contribution < -0.4 is 0 Å². The molecule has 0 aliphatic rings. The lowest BCUT2D eigenvalue weighted by atomic mass is 10.0. The van der Waals surface area contributed by atoms with Crippen LogP contribution in [0.25, 0.3) is 0 Å². The Hall–Kier alpha value is -1.32. The summed E-state index contributed by atoms with van der Waals surface area (Å²) in [5.41, 5.74) is 0. The molecule has 0 spiro atoms. The summed E-state index contributed by atoms with van der Waals surface area (Å²) in [6, 6.07) is 0. The monoisotopic (exact) mass is 915 g/mol. The molecular formula is C61H118O4. The topological polar surface area (TPSA) is 63.6 Å². The maximum Gasteiger partial charge on any atom is 0.310 e. The van der Waals surface area contributed by atoms with Gasteiger partial charge in [0, 0.05) is 12.8 Å². The molecule has 0 aromatic carbocycles. The Balaban J connectivity index is 3.08. The molecule has 0 rings (SSSR count). The minimum Gasteiger partial charge on any atom is -0.481 e. The van der Waals surface area contributed by atoms with Gasteiger partial charge in [-0.2, -0.15) is 0 Å². The van der Waals surface area contributed by atoms with E-state index >= 15 is 0 Å². The maximum atomic E-state index is 11.3. The molecule has 0 atom stereocenters. The highest BCUT2D eigenvalue weighted by molar-refractivity contribution is 5.69. The molecule has 65 heavy (non-hydrogen) atoms. The van der Waals surface area contributed by atoms with Crippen LogP contribution in [0, 0.1) is 0 Å². The highest BCUT2D eigenvalue weighted by atomic mass is 16.5. The molecule has 0 amide bonds. The minimum absolute atomic E-state index is 0.143. The predicted molar refractivity (Wildman–Crippen MR) is 287 cm³/mol. The van der Waals surface area contributed by atoms with E-state index in [1.165, 1.54) is 334 Å². The van der Waals surface area contributed by atoms with E-state index in [9.17, 15) is 9.59 Å². The van der Waals surface area contributed by atoms with Crippen LogP contribution in [-0.4, -0.2) is 17.0 Å². The third kappa shape index (κ3) is 60.7. The Labute approximate surface area is 408 Å². The van der Waals surface area contributed by atoms with Crippen molar-refractivity contribution in [1.29, 1.82) is 0 Å². The van der Waals surface area contributed by atoms with Gasteiger partial charge in [-0.1, -0.05) is 347 Å². The van der Waals surface area contributed by atoms with Gasteiger partial charge in [0.05, 0.1) is 6.26 Å². The summed E-state index contributed by atoms with van der Waals surface area (Å²) in [6.07, 6.45) is 79.5. The number of rotatable bonds is 59. The fourth-order valence-electron chi connectivity index (χ4n) is 10.1. The number of carboxylic acid groups (broad SMARTS) is 1. The van der Waals surface area contributed by atoms with Crippen LogP contribution in [0.3, 0.4) is 0 Å². The largest absolute Gasteiger partial charge is 0.481 e. The molecule has 0 saturated heterocycles. The van der Waals surface area contributed by atoms with Crippen molar-refractivity contribution < 1.29 is 19.4 Å². The first-order chi connectivity index (χ1) is 32.2. The quantitative estimate of drug-likeness (QED) is 0.0375. The Morgan fingerprint density at radius 3 is 0.492 bits per heavy atom. The van der Waals surface area contributed by atoms with E-state index < -0.39 is 5.97 Å². The van der Waals surface area contributed by atoms with Gasteiger partial charge in [0.1, 0.15) is 0 Å². The Bertz CT molecular complexity index is 915. The molecule has 0 aliphatic carbocycles. The zero-order chi connectivity index (χ0) is 46.9. The van der Waals surface area contributed by atoms with E-state index in [-0.39, 0.29) is 5.97 Å². The van der Waals surface area contributed by atoms with Crippen molar-refractivity contribution in [2.75, 3.05) is 0 Å². The molecule has 1 N–H and O–H groups in total. The second-order valence-electron chi connectivity index (χ2n) is 21.0. The third-order valence-corrected chi connectivity index (χ3v) is 14.5. The summed E-state index contributed by atoms with van der Waals surface area (Å²) in [6.45, 7) is 3.42. The highest BCUT2D eigenvalue weighted by Crippen LogP contribution is 2.19. The van der Waals surface area contributed by atoms with Crippen LogP contribution in [-0.2, 0) is 14.3 Å². The van der Waals surface area contributed by atoms with Crippen molar-refractivity contribution >= 4 is 11.9 Å². The Morgan fingerprint density at radius 1 is 0.246 bits per heavy atom. The number of hydrogen-bond acceptors (Lipinski definition) is 3. The summed E-state index contributed by atoms with van der Waals surface area (Å²) in [5, 5.41) is 8.68. The molecule has 0 unspecified atom stereocenters. The van der Waals surface area contributed by atoms with E-state index in [1.54, 1.807) is 0 Å². The van der Waals surface area contributed by atoms with Crippen molar-refractivity contribution in [2.24, 2.45) is 0 Å². The average Bonchev–Trinajstić information content (AvgIpc) is 3.30. The summed E-state index contributed by atoms with van der Waals surface area (Å²) >= 11 is 0. The molecule has 0 aromatic rings. The number of carbonyl (C=O) groups excluding carboxylic acids is 1. The number of hydrogen-bond donors (Lipinski definition) is 1. The zero-order valence-electron chi connectivity index (χ0n) is 44.3. The van der Waals surface area contributed by atoms with Crippen LogP contribution in [0.1, 0.15) is 366 Å². The number of carboxylic acids is 1. The van der Waals surface area contributed by atoms with Crippen molar-refractivity contribution in [2.45, 2.75) is 366 Å². The third-order valence-electron chi connectivity index (χ3n) is 14.5. The van der Waals surface area contributed by atoms with E-state index in [1.807, 2.05) is 0 Å².